The zero-order chi connectivity index (χ0) is 24.4. The second-order valence-corrected chi connectivity index (χ2v) is 10.5. The van der Waals surface area contributed by atoms with Gasteiger partial charge in [-0.3, -0.25) is 9.59 Å². The number of aromatic nitrogens is 1. The van der Waals surface area contributed by atoms with Gasteiger partial charge in [0.15, 0.2) is 0 Å². The number of hydrogen-bond acceptors (Lipinski definition) is 5. The number of nitrogens with two attached hydrogens (primary N) is 1. The summed E-state index contributed by atoms with van der Waals surface area (Å²) >= 11 is 0. The molecule has 4 N–H and O–H groups in total. The van der Waals surface area contributed by atoms with Gasteiger partial charge in [-0.05, 0) is 72.8 Å². The Bertz CT molecular complexity index is 1090. The third-order valence-electron chi connectivity index (χ3n) is 8.20. The number of hydrogen-bond donors (Lipinski definition) is 3. The lowest BCUT2D eigenvalue weighted by atomic mass is 9.79. The van der Waals surface area contributed by atoms with Gasteiger partial charge >= 0.3 is 5.97 Å². The van der Waals surface area contributed by atoms with Crippen LogP contribution in [0.1, 0.15) is 79.5 Å². The Hall–Kier alpha value is -3.09. The van der Waals surface area contributed by atoms with Crippen LogP contribution in [-0.4, -0.2) is 40.0 Å². The molecule has 1 aromatic carbocycles. The van der Waals surface area contributed by atoms with E-state index in [9.17, 15) is 14.7 Å². The average Bonchev–Trinajstić information content (AvgIpc) is 2.86. The summed E-state index contributed by atoms with van der Waals surface area (Å²) in [6, 6.07) is 8.08. The molecule has 0 saturated heterocycles. The van der Waals surface area contributed by atoms with Gasteiger partial charge in [0, 0.05) is 37.7 Å². The summed E-state index contributed by atoms with van der Waals surface area (Å²) in [5.41, 5.74) is 11.0. The number of pyridine rings is 1. The summed E-state index contributed by atoms with van der Waals surface area (Å²) in [5.74, 6) is 0.618. The monoisotopic (exact) mass is 476 g/mol. The van der Waals surface area contributed by atoms with Crippen molar-refractivity contribution >= 4 is 23.4 Å². The lowest BCUT2D eigenvalue weighted by molar-refractivity contribution is -0.138. The van der Waals surface area contributed by atoms with Crippen molar-refractivity contribution < 1.29 is 14.7 Å². The zero-order valence-corrected chi connectivity index (χ0v) is 20.3. The topological polar surface area (TPSA) is 109 Å². The highest BCUT2D eigenvalue weighted by Crippen LogP contribution is 2.36. The Balaban J connectivity index is 1.49. The van der Waals surface area contributed by atoms with Gasteiger partial charge in [-0.25, -0.2) is 4.98 Å². The predicted octanol–water partition coefficient (Wildman–Crippen LogP) is 4.56. The fourth-order valence-electron chi connectivity index (χ4n) is 6.14. The maximum atomic E-state index is 13.4. The number of aliphatic carboxylic acids is 1. The van der Waals surface area contributed by atoms with Crippen molar-refractivity contribution in [3.63, 3.8) is 0 Å². The number of nitrogens with one attached hydrogen (secondary N) is 1. The molecular formula is C28H36N4O3. The van der Waals surface area contributed by atoms with Crippen LogP contribution in [0.2, 0.25) is 0 Å². The predicted molar refractivity (Wildman–Crippen MR) is 136 cm³/mol. The van der Waals surface area contributed by atoms with Crippen molar-refractivity contribution in [3.05, 3.63) is 52.7 Å². The van der Waals surface area contributed by atoms with Crippen LogP contribution in [0.3, 0.4) is 0 Å². The summed E-state index contributed by atoms with van der Waals surface area (Å²) in [4.78, 5) is 31.7. The first kappa shape index (κ1) is 23.6. The van der Waals surface area contributed by atoms with Gasteiger partial charge in [0.2, 0.25) is 5.91 Å². The van der Waals surface area contributed by atoms with Crippen LogP contribution in [0, 0.1) is 11.8 Å². The van der Waals surface area contributed by atoms with Crippen LogP contribution >= 0.6 is 0 Å². The average molecular weight is 477 g/mol. The van der Waals surface area contributed by atoms with Gasteiger partial charge in [-0.2, -0.15) is 0 Å². The minimum atomic E-state index is -0.865. The molecule has 1 aromatic heterocycles. The van der Waals surface area contributed by atoms with Crippen LogP contribution in [-0.2, 0) is 22.6 Å². The van der Waals surface area contributed by atoms with E-state index in [-0.39, 0.29) is 18.3 Å². The Morgan fingerprint density at radius 1 is 1.09 bits per heavy atom. The molecule has 35 heavy (non-hydrogen) atoms. The largest absolute Gasteiger partial charge is 0.481 e. The van der Waals surface area contributed by atoms with Gasteiger partial charge in [0.25, 0.3) is 0 Å². The summed E-state index contributed by atoms with van der Waals surface area (Å²) in [5, 5.41) is 13.0. The highest BCUT2D eigenvalue weighted by atomic mass is 16.4. The van der Waals surface area contributed by atoms with Gasteiger partial charge in [0.05, 0.1) is 12.1 Å². The van der Waals surface area contributed by atoms with Crippen molar-refractivity contribution in [3.8, 4) is 0 Å². The lowest BCUT2D eigenvalue weighted by Crippen LogP contribution is -2.41. The van der Waals surface area contributed by atoms with Crippen LogP contribution in [0.25, 0.3) is 0 Å². The van der Waals surface area contributed by atoms with Crippen molar-refractivity contribution in [2.24, 2.45) is 11.8 Å². The van der Waals surface area contributed by atoms with E-state index < -0.39 is 5.97 Å². The molecule has 6 heterocycles. The molecule has 1 unspecified atom stereocenters. The fourth-order valence-corrected chi connectivity index (χ4v) is 6.14. The number of carbonyl (C=O) groups excluding carboxylic acids is 1. The molecule has 5 aliphatic heterocycles. The van der Waals surface area contributed by atoms with E-state index in [1.54, 1.807) is 6.20 Å². The summed E-state index contributed by atoms with van der Waals surface area (Å²) in [6.07, 6.45) is 10.2. The zero-order valence-electron chi connectivity index (χ0n) is 20.3. The molecule has 1 fully saturated rings. The van der Waals surface area contributed by atoms with E-state index in [0.717, 1.165) is 80.6 Å². The van der Waals surface area contributed by atoms with Crippen LogP contribution in [0.5, 0.6) is 0 Å². The third kappa shape index (κ3) is 5.29. The van der Waals surface area contributed by atoms with Crippen molar-refractivity contribution in [2.75, 3.05) is 24.1 Å². The molecule has 6 aliphatic rings. The summed E-state index contributed by atoms with van der Waals surface area (Å²) in [7, 11) is 0. The number of nitrogens with zero attached hydrogens (tertiary/aromatic N) is 2. The molecule has 8 rings (SSSR count). The van der Waals surface area contributed by atoms with E-state index in [4.69, 9.17) is 5.73 Å². The van der Waals surface area contributed by atoms with Crippen LogP contribution in [0.4, 0.5) is 11.5 Å². The molecule has 0 spiro atoms. The molecule has 1 saturated carbocycles. The smallest absolute Gasteiger partial charge is 0.304 e. The fraction of sp³-hybridized carbons (Fsp3) is 0.536. The van der Waals surface area contributed by atoms with Gasteiger partial charge in [-0.15, -0.1) is 0 Å². The first-order chi connectivity index (χ1) is 17.0. The third-order valence-corrected chi connectivity index (χ3v) is 8.20. The Kier molecular flexibility index (Phi) is 6.93. The van der Waals surface area contributed by atoms with Crippen LogP contribution in [0.15, 0.2) is 30.5 Å². The normalized spacial score (nSPS) is 24.9. The first-order valence-electron chi connectivity index (χ1n) is 13.1. The van der Waals surface area contributed by atoms with E-state index in [1.807, 2.05) is 17.0 Å². The number of amides is 1. The number of carbonyl (C=O) groups is 2. The first-order valence-corrected chi connectivity index (χ1v) is 13.1. The van der Waals surface area contributed by atoms with E-state index in [0.29, 0.717) is 24.0 Å². The quantitative estimate of drug-likeness (QED) is 0.586. The number of rotatable bonds is 2. The molecular weight excluding hydrogens is 440 g/mol. The maximum Gasteiger partial charge on any atom is 0.304 e. The minimum absolute atomic E-state index is 0.0431. The number of nitrogen functional groups attached to an aromatic ring is 1. The number of anilines is 2. The van der Waals surface area contributed by atoms with Crippen molar-refractivity contribution in [2.45, 2.75) is 70.3 Å². The van der Waals surface area contributed by atoms with Crippen LogP contribution < -0.4 is 11.1 Å². The standard InChI is InChI=1S/C28H36N4O3/c29-25-14-22-16-31-27(25)30-11-2-1-3-18-4-6-20(7-5-18)28(35)32-12-10-19-8-9-21(13-23(19)17-32)24(22)15-26(33)34/h8-9,13-14,16,18,20,24H,1-7,10-12,15,17,29H2,(H,30,31)(H,33,34). The molecule has 1 aliphatic carbocycles. The van der Waals surface area contributed by atoms with E-state index >= 15 is 0 Å². The highest BCUT2D eigenvalue weighted by Gasteiger charge is 2.31. The van der Waals surface area contributed by atoms with Crippen molar-refractivity contribution in [1.29, 1.82) is 0 Å². The molecule has 186 valence electrons. The number of carboxylic acid groups (broad SMARTS) is 1. The summed E-state index contributed by atoms with van der Waals surface area (Å²) in [6.45, 7) is 2.17. The SMILES string of the molecule is Nc1cc2cnc1NCCCCC1CCC(CC1)C(=O)N1CCc3ccc(cc3C1)C2CC(=O)O. The van der Waals surface area contributed by atoms with Crippen molar-refractivity contribution in [1.82, 2.24) is 9.88 Å². The highest BCUT2D eigenvalue weighted by molar-refractivity contribution is 5.79. The lowest BCUT2D eigenvalue weighted by Gasteiger charge is -2.35. The van der Waals surface area contributed by atoms with Gasteiger partial charge in [0.1, 0.15) is 5.82 Å². The Labute approximate surface area is 207 Å². The van der Waals surface area contributed by atoms with Gasteiger partial charge < -0.3 is 21.1 Å². The van der Waals surface area contributed by atoms with Gasteiger partial charge in [-0.1, -0.05) is 31.0 Å². The minimum Gasteiger partial charge on any atom is -0.481 e. The second kappa shape index (κ2) is 10.3. The molecule has 2 aromatic rings. The number of carboxylic acids is 1. The van der Waals surface area contributed by atoms with E-state index in [1.165, 1.54) is 12.0 Å². The maximum absolute atomic E-state index is 13.4. The molecule has 1 atom stereocenters. The molecule has 7 heteroatoms. The molecule has 1 amide bonds. The summed E-state index contributed by atoms with van der Waals surface area (Å²) < 4.78 is 0. The van der Waals surface area contributed by atoms with E-state index in [2.05, 4.69) is 22.4 Å². The Morgan fingerprint density at radius 3 is 2.69 bits per heavy atom. The Morgan fingerprint density at radius 2 is 1.91 bits per heavy atom. The molecule has 7 nitrogen and oxygen atoms in total. The number of benzene rings is 1. The molecule has 7 bridgehead atoms. The molecule has 0 radical (unpaired) electrons. The second-order valence-electron chi connectivity index (χ2n) is 10.5.